The number of pyridine rings is 2. The molecule has 0 radical (unpaired) electrons. The van der Waals surface area contributed by atoms with Crippen molar-refractivity contribution in [3.63, 3.8) is 0 Å². The zero-order valence-electron chi connectivity index (χ0n) is 11.0. The van der Waals surface area contributed by atoms with Crippen molar-refractivity contribution >= 4 is 17.3 Å². The molecule has 5 heteroatoms. The molecule has 0 atom stereocenters. The van der Waals surface area contributed by atoms with Gasteiger partial charge in [-0.15, -0.1) is 0 Å². The molecule has 2 aromatic heterocycles. The summed E-state index contributed by atoms with van der Waals surface area (Å²) in [6.07, 6.45) is 3.30. The maximum atomic E-state index is 12.1. The van der Waals surface area contributed by atoms with Crippen LogP contribution in [0.5, 0.6) is 0 Å². The second-order valence-corrected chi connectivity index (χ2v) is 4.05. The molecular weight excluding hydrogens is 240 g/mol. The third-order valence-corrected chi connectivity index (χ3v) is 2.63. The van der Waals surface area contributed by atoms with E-state index in [-0.39, 0.29) is 5.91 Å². The Hall–Kier alpha value is -2.43. The summed E-state index contributed by atoms with van der Waals surface area (Å²) in [5, 5.41) is 5.95. The minimum atomic E-state index is -0.240. The third-order valence-electron chi connectivity index (χ3n) is 2.63. The first-order chi connectivity index (χ1) is 9.20. The smallest absolute Gasteiger partial charge is 0.274 e. The molecule has 1 amide bonds. The number of nitrogens with zero attached hydrogens (tertiary/aromatic N) is 2. The van der Waals surface area contributed by atoms with Crippen LogP contribution in [0.2, 0.25) is 0 Å². The number of hydrogen-bond donors (Lipinski definition) is 2. The van der Waals surface area contributed by atoms with E-state index in [0.717, 1.165) is 17.9 Å². The van der Waals surface area contributed by atoms with Crippen molar-refractivity contribution in [3.05, 3.63) is 48.0 Å². The summed E-state index contributed by atoms with van der Waals surface area (Å²) in [4.78, 5) is 20.3. The van der Waals surface area contributed by atoms with Crippen LogP contribution >= 0.6 is 0 Å². The largest absolute Gasteiger partial charge is 0.385 e. The number of anilines is 2. The standard InChI is InChI=1S/C14H16N4O/c1-3-15-11-6-8-17-13(9-11)14(19)18-12-5-4-7-16-10(12)2/h4-9H,3H2,1-2H3,(H,15,17)(H,18,19). The Labute approximate surface area is 112 Å². The summed E-state index contributed by atoms with van der Waals surface area (Å²) in [5.74, 6) is -0.240. The molecule has 5 nitrogen and oxygen atoms in total. The van der Waals surface area contributed by atoms with Crippen LogP contribution < -0.4 is 10.6 Å². The highest BCUT2D eigenvalue weighted by Crippen LogP contribution is 2.13. The average Bonchev–Trinajstić information content (AvgIpc) is 2.42. The monoisotopic (exact) mass is 256 g/mol. The first-order valence-electron chi connectivity index (χ1n) is 6.13. The van der Waals surface area contributed by atoms with Gasteiger partial charge in [0.25, 0.3) is 5.91 Å². The molecule has 0 fully saturated rings. The number of carbonyl (C=O) groups excluding carboxylic acids is 1. The van der Waals surface area contributed by atoms with Crippen LogP contribution in [0.3, 0.4) is 0 Å². The summed E-state index contributed by atoms with van der Waals surface area (Å²) in [6.45, 7) is 4.64. The Morgan fingerprint density at radius 1 is 1.26 bits per heavy atom. The van der Waals surface area contributed by atoms with E-state index >= 15 is 0 Å². The van der Waals surface area contributed by atoms with Gasteiger partial charge in [-0.3, -0.25) is 14.8 Å². The number of carbonyl (C=O) groups is 1. The summed E-state index contributed by atoms with van der Waals surface area (Å²) in [5.41, 5.74) is 2.73. The van der Waals surface area contributed by atoms with Gasteiger partial charge in [-0.05, 0) is 38.1 Å². The molecule has 0 spiro atoms. The van der Waals surface area contributed by atoms with Gasteiger partial charge in [0.2, 0.25) is 0 Å². The Bertz CT molecular complexity index is 583. The van der Waals surface area contributed by atoms with Gasteiger partial charge in [-0.25, -0.2) is 0 Å². The molecule has 2 heterocycles. The molecule has 0 aromatic carbocycles. The van der Waals surface area contributed by atoms with Gasteiger partial charge in [0, 0.05) is 24.6 Å². The Kier molecular flexibility index (Phi) is 4.07. The number of rotatable bonds is 4. The van der Waals surface area contributed by atoms with Crippen molar-refractivity contribution in [2.75, 3.05) is 17.2 Å². The van der Waals surface area contributed by atoms with E-state index in [9.17, 15) is 4.79 Å². The maximum absolute atomic E-state index is 12.1. The molecule has 0 aliphatic carbocycles. The molecule has 19 heavy (non-hydrogen) atoms. The SMILES string of the molecule is CCNc1ccnc(C(=O)Nc2cccnc2C)c1. The molecule has 2 N–H and O–H groups in total. The topological polar surface area (TPSA) is 66.9 Å². The van der Waals surface area contributed by atoms with Gasteiger partial charge in [0.15, 0.2) is 0 Å². The number of aryl methyl sites for hydroxylation is 1. The molecule has 0 aliphatic rings. The molecule has 98 valence electrons. The fourth-order valence-corrected chi connectivity index (χ4v) is 1.67. The molecule has 0 saturated carbocycles. The highest BCUT2D eigenvalue weighted by molar-refractivity contribution is 6.03. The average molecular weight is 256 g/mol. The zero-order chi connectivity index (χ0) is 13.7. The van der Waals surface area contributed by atoms with Crippen molar-refractivity contribution in [1.82, 2.24) is 9.97 Å². The van der Waals surface area contributed by atoms with E-state index in [4.69, 9.17) is 0 Å². The summed E-state index contributed by atoms with van der Waals surface area (Å²) in [6, 6.07) is 7.15. The lowest BCUT2D eigenvalue weighted by Gasteiger charge is -2.08. The molecule has 0 aliphatic heterocycles. The Balaban J connectivity index is 2.16. The Morgan fingerprint density at radius 2 is 2.11 bits per heavy atom. The second-order valence-electron chi connectivity index (χ2n) is 4.05. The van der Waals surface area contributed by atoms with Crippen molar-refractivity contribution in [2.45, 2.75) is 13.8 Å². The fraction of sp³-hybridized carbons (Fsp3) is 0.214. The van der Waals surface area contributed by atoms with E-state index in [1.54, 1.807) is 24.5 Å². The predicted molar refractivity (Wildman–Crippen MR) is 75.3 cm³/mol. The zero-order valence-corrected chi connectivity index (χ0v) is 11.0. The first-order valence-corrected chi connectivity index (χ1v) is 6.13. The molecule has 0 unspecified atom stereocenters. The number of hydrogen-bond acceptors (Lipinski definition) is 4. The van der Waals surface area contributed by atoms with Gasteiger partial charge in [0.1, 0.15) is 5.69 Å². The molecule has 2 aromatic rings. The van der Waals surface area contributed by atoms with Gasteiger partial charge < -0.3 is 10.6 Å². The Morgan fingerprint density at radius 3 is 2.84 bits per heavy atom. The predicted octanol–water partition coefficient (Wildman–Crippen LogP) is 2.47. The van der Waals surface area contributed by atoms with Crippen molar-refractivity contribution in [3.8, 4) is 0 Å². The van der Waals surface area contributed by atoms with Crippen LogP contribution in [-0.4, -0.2) is 22.4 Å². The lowest BCUT2D eigenvalue weighted by molar-refractivity contribution is 0.102. The van der Waals surface area contributed by atoms with Crippen LogP contribution in [0.25, 0.3) is 0 Å². The molecule has 2 rings (SSSR count). The summed E-state index contributed by atoms with van der Waals surface area (Å²) < 4.78 is 0. The van der Waals surface area contributed by atoms with Crippen LogP contribution in [0.15, 0.2) is 36.7 Å². The van der Waals surface area contributed by atoms with Crippen LogP contribution in [-0.2, 0) is 0 Å². The quantitative estimate of drug-likeness (QED) is 0.881. The minimum absolute atomic E-state index is 0.240. The van der Waals surface area contributed by atoms with E-state index in [2.05, 4.69) is 20.6 Å². The lowest BCUT2D eigenvalue weighted by atomic mass is 10.2. The van der Waals surface area contributed by atoms with E-state index in [0.29, 0.717) is 11.4 Å². The number of aromatic nitrogens is 2. The molecule has 0 saturated heterocycles. The maximum Gasteiger partial charge on any atom is 0.274 e. The van der Waals surface area contributed by atoms with Crippen LogP contribution in [0.4, 0.5) is 11.4 Å². The van der Waals surface area contributed by atoms with E-state index < -0.39 is 0 Å². The normalized spacial score (nSPS) is 10.0. The minimum Gasteiger partial charge on any atom is -0.385 e. The van der Waals surface area contributed by atoms with Crippen molar-refractivity contribution in [1.29, 1.82) is 0 Å². The molecular formula is C14H16N4O. The summed E-state index contributed by atoms with van der Waals surface area (Å²) in [7, 11) is 0. The second kappa shape index (κ2) is 5.95. The third kappa shape index (κ3) is 3.28. The van der Waals surface area contributed by atoms with Gasteiger partial charge in [0.05, 0.1) is 11.4 Å². The van der Waals surface area contributed by atoms with Gasteiger partial charge in [-0.1, -0.05) is 0 Å². The van der Waals surface area contributed by atoms with Crippen molar-refractivity contribution < 1.29 is 4.79 Å². The van der Waals surface area contributed by atoms with Gasteiger partial charge >= 0.3 is 0 Å². The van der Waals surface area contributed by atoms with E-state index in [1.165, 1.54) is 0 Å². The van der Waals surface area contributed by atoms with Crippen LogP contribution in [0.1, 0.15) is 23.1 Å². The lowest BCUT2D eigenvalue weighted by Crippen LogP contribution is -2.15. The van der Waals surface area contributed by atoms with E-state index in [1.807, 2.05) is 26.0 Å². The summed E-state index contributed by atoms with van der Waals surface area (Å²) >= 11 is 0. The highest BCUT2D eigenvalue weighted by Gasteiger charge is 2.09. The molecule has 0 bridgehead atoms. The fourth-order valence-electron chi connectivity index (χ4n) is 1.67. The van der Waals surface area contributed by atoms with Crippen LogP contribution in [0, 0.1) is 6.92 Å². The van der Waals surface area contributed by atoms with Gasteiger partial charge in [-0.2, -0.15) is 0 Å². The highest BCUT2D eigenvalue weighted by atomic mass is 16.1. The number of amides is 1. The van der Waals surface area contributed by atoms with Crippen molar-refractivity contribution in [2.24, 2.45) is 0 Å². The first kappa shape index (κ1) is 13.0. The number of nitrogens with one attached hydrogen (secondary N) is 2.